The van der Waals surface area contributed by atoms with Gasteiger partial charge in [0, 0.05) is 12.2 Å². The highest BCUT2D eigenvalue weighted by Crippen LogP contribution is 2.18. The summed E-state index contributed by atoms with van der Waals surface area (Å²) in [6.07, 6.45) is 0. The minimum absolute atomic E-state index is 0.664. The standard InChI is InChI=1S/C18H23NO/c1-13-5-6-18(16(4)10-13)20-8-7-19-17-11-14(2)9-15(3)12-17/h5-6,9-12,19H,7-8H2,1-4H3. The molecule has 0 fully saturated rings. The topological polar surface area (TPSA) is 21.3 Å². The summed E-state index contributed by atoms with van der Waals surface area (Å²) in [5.41, 5.74) is 6.18. The molecule has 0 spiro atoms. The highest BCUT2D eigenvalue weighted by Gasteiger charge is 2.00. The van der Waals surface area contributed by atoms with Crippen LogP contribution in [0.2, 0.25) is 0 Å². The summed E-state index contributed by atoms with van der Waals surface area (Å²) in [7, 11) is 0. The first-order valence-corrected chi connectivity index (χ1v) is 7.07. The SMILES string of the molecule is Cc1cc(C)cc(NCCOc2ccc(C)cc2C)c1. The van der Waals surface area contributed by atoms with Crippen molar-refractivity contribution < 1.29 is 4.74 Å². The van der Waals surface area contributed by atoms with Crippen LogP contribution in [-0.4, -0.2) is 13.2 Å². The van der Waals surface area contributed by atoms with Gasteiger partial charge in [-0.25, -0.2) is 0 Å². The van der Waals surface area contributed by atoms with E-state index < -0.39 is 0 Å². The van der Waals surface area contributed by atoms with Crippen LogP contribution in [0.3, 0.4) is 0 Å². The average molecular weight is 269 g/mol. The lowest BCUT2D eigenvalue weighted by molar-refractivity contribution is 0.330. The van der Waals surface area contributed by atoms with Crippen LogP contribution < -0.4 is 10.1 Å². The number of hydrogen-bond acceptors (Lipinski definition) is 2. The summed E-state index contributed by atoms with van der Waals surface area (Å²) in [6.45, 7) is 9.87. The lowest BCUT2D eigenvalue weighted by Gasteiger charge is -2.12. The van der Waals surface area contributed by atoms with Gasteiger partial charge in [-0.1, -0.05) is 23.8 Å². The van der Waals surface area contributed by atoms with Crippen LogP contribution in [0.25, 0.3) is 0 Å². The molecule has 0 aliphatic heterocycles. The van der Waals surface area contributed by atoms with Crippen molar-refractivity contribution in [2.24, 2.45) is 0 Å². The van der Waals surface area contributed by atoms with Gasteiger partial charge in [0.05, 0.1) is 0 Å². The molecule has 0 heterocycles. The van der Waals surface area contributed by atoms with E-state index in [2.05, 4.69) is 63.3 Å². The number of benzene rings is 2. The largest absolute Gasteiger partial charge is 0.491 e. The third-order valence-electron chi connectivity index (χ3n) is 3.24. The molecule has 2 heteroatoms. The van der Waals surface area contributed by atoms with Crippen molar-refractivity contribution in [3.63, 3.8) is 0 Å². The Hall–Kier alpha value is -1.96. The number of nitrogens with one attached hydrogen (secondary N) is 1. The van der Waals surface area contributed by atoms with E-state index in [1.165, 1.54) is 22.3 Å². The summed E-state index contributed by atoms with van der Waals surface area (Å²) in [6, 6.07) is 12.8. The molecule has 0 aliphatic rings. The maximum Gasteiger partial charge on any atom is 0.122 e. The van der Waals surface area contributed by atoms with Gasteiger partial charge < -0.3 is 10.1 Å². The van der Waals surface area contributed by atoms with Gasteiger partial charge in [-0.2, -0.15) is 0 Å². The van der Waals surface area contributed by atoms with Crippen molar-refractivity contribution in [3.8, 4) is 5.75 Å². The van der Waals surface area contributed by atoms with E-state index in [9.17, 15) is 0 Å². The minimum Gasteiger partial charge on any atom is -0.491 e. The van der Waals surface area contributed by atoms with Gasteiger partial charge in [-0.05, 0) is 62.6 Å². The van der Waals surface area contributed by atoms with Crippen molar-refractivity contribution in [2.75, 3.05) is 18.5 Å². The molecular formula is C18H23NO. The van der Waals surface area contributed by atoms with Crippen LogP contribution in [0.15, 0.2) is 36.4 Å². The van der Waals surface area contributed by atoms with Crippen molar-refractivity contribution in [3.05, 3.63) is 58.7 Å². The first kappa shape index (κ1) is 14.4. The zero-order chi connectivity index (χ0) is 14.5. The lowest BCUT2D eigenvalue weighted by Crippen LogP contribution is -2.12. The molecule has 2 rings (SSSR count). The number of ether oxygens (including phenoxy) is 1. The van der Waals surface area contributed by atoms with E-state index in [4.69, 9.17) is 4.74 Å². The van der Waals surface area contributed by atoms with E-state index in [-0.39, 0.29) is 0 Å². The molecule has 0 unspecified atom stereocenters. The second kappa shape index (κ2) is 6.47. The summed E-state index contributed by atoms with van der Waals surface area (Å²) < 4.78 is 5.81. The van der Waals surface area contributed by atoms with E-state index in [0.29, 0.717) is 6.61 Å². The van der Waals surface area contributed by atoms with Crippen molar-refractivity contribution in [1.29, 1.82) is 0 Å². The number of anilines is 1. The van der Waals surface area contributed by atoms with E-state index in [1.54, 1.807) is 0 Å². The van der Waals surface area contributed by atoms with E-state index in [1.807, 2.05) is 6.07 Å². The third-order valence-corrected chi connectivity index (χ3v) is 3.24. The molecule has 20 heavy (non-hydrogen) atoms. The first-order valence-electron chi connectivity index (χ1n) is 7.07. The maximum absolute atomic E-state index is 5.81. The van der Waals surface area contributed by atoms with Crippen LogP contribution in [0, 0.1) is 27.7 Å². The molecule has 0 saturated heterocycles. The van der Waals surface area contributed by atoms with E-state index in [0.717, 1.165) is 18.0 Å². The van der Waals surface area contributed by atoms with Crippen LogP contribution in [0.5, 0.6) is 5.75 Å². The van der Waals surface area contributed by atoms with Crippen LogP contribution in [0.4, 0.5) is 5.69 Å². The van der Waals surface area contributed by atoms with Gasteiger partial charge in [-0.15, -0.1) is 0 Å². The maximum atomic E-state index is 5.81. The Labute approximate surface area is 121 Å². The lowest BCUT2D eigenvalue weighted by atomic mass is 10.1. The molecular weight excluding hydrogens is 246 g/mol. The van der Waals surface area contributed by atoms with Crippen LogP contribution in [-0.2, 0) is 0 Å². The zero-order valence-electron chi connectivity index (χ0n) is 12.8. The summed E-state index contributed by atoms with van der Waals surface area (Å²) in [5, 5.41) is 3.40. The molecule has 106 valence electrons. The van der Waals surface area contributed by atoms with Gasteiger partial charge in [0.15, 0.2) is 0 Å². The number of hydrogen-bond donors (Lipinski definition) is 1. The average Bonchev–Trinajstić information content (AvgIpc) is 2.35. The molecule has 0 aromatic heterocycles. The Morgan fingerprint density at radius 2 is 1.55 bits per heavy atom. The van der Waals surface area contributed by atoms with E-state index >= 15 is 0 Å². The Balaban J connectivity index is 1.84. The Morgan fingerprint density at radius 1 is 0.850 bits per heavy atom. The highest BCUT2D eigenvalue weighted by atomic mass is 16.5. The molecule has 0 saturated carbocycles. The fraction of sp³-hybridized carbons (Fsp3) is 0.333. The molecule has 2 aromatic carbocycles. The van der Waals surface area contributed by atoms with Gasteiger partial charge in [-0.3, -0.25) is 0 Å². The Kier molecular flexibility index (Phi) is 4.67. The van der Waals surface area contributed by atoms with Gasteiger partial charge in [0.1, 0.15) is 12.4 Å². The molecule has 0 bridgehead atoms. The predicted molar refractivity (Wildman–Crippen MR) is 85.8 cm³/mol. The molecule has 2 aromatic rings. The highest BCUT2D eigenvalue weighted by molar-refractivity contribution is 5.48. The third kappa shape index (κ3) is 4.02. The molecule has 0 radical (unpaired) electrons. The summed E-state index contributed by atoms with van der Waals surface area (Å²) in [4.78, 5) is 0. The number of rotatable bonds is 5. The smallest absolute Gasteiger partial charge is 0.122 e. The summed E-state index contributed by atoms with van der Waals surface area (Å²) >= 11 is 0. The molecule has 0 aliphatic carbocycles. The van der Waals surface area contributed by atoms with Gasteiger partial charge in [0.2, 0.25) is 0 Å². The zero-order valence-corrected chi connectivity index (χ0v) is 12.8. The van der Waals surface area contributed by atoms with Gasteiger partial charge in [0.25, 0.3) is 0 Å². The minimum atomic E-state index is 0.664. The monoisotopic (exact) mass is 269 g/mol. The van der Waals surface area contributed by atoms with Crippen LogP contribution in [0.1, 0.15) is 22.3 Å². The normalized spacial score (nSPS) is 10.4. The fourth-order valence-electron chi connectivity index (χ4n) is 2.39. The quantitative estimate of drug-likeness (QED) is 0.812. The van der Waals surface area contributed by atoms with Gasteiger partial charge >= 0.3 is 0 Å². The summed E-state index contributed by atoms with van der Waals surface area (Å²) in [5.74, 6) is 0.970. The molecule has 1 N–H and O–H groups in total. The Bertz CT molecular complexity index is 570. The number of aryl methyl sites for hydroxylation is 4. The second-order valence-corrected chi connectivity index (χ2v) is 5.42. The second-order valence-electron chi connectivity index (χ2n) is 5.42. The van der Waals surface area contributed by atoms with Crippen molar-refractivity contribution in [2.45, 2.75) is 27.7 Å². The molecule has 0 amide bonds. The fourth-order valence-corrected chi connectivity index (χ4v) is 2.39. The first-order chi connectivity index (χ1) is 9.54. The van der Waals surface area contributed by atoms with Crippen LogP contribution >= 0.6 is 0 Å². The Morgan fingerprint density at radius 3 is 2.20 bits per heavy atom. The predicted octanol–water partition coefficient (Wildman–Crippen LogP) is 4.41. The van der Waals surface area contributed by atoms with Crippen molar-refractivity contribution >= 4 is 5.69 Å². The molecule has 2 nitrogen and oxygen atoms in total. The van der Waals surface area contributed by atoms with Crippen molar-refractivity contribution in [1.82, 2.24) is 0 Å². The molecule has 0 atom stereocenters.